The molecule has 2 rings (SSSR count). The Balaban J connectivity index is 2.11. The van der Waals surface area contributed by atoms with Gasteiger partial charge in [-0.1, -0.05) is 13.0 Å². The first-order valence-electron chi connectivity index (χ1n) is 9.03. The molecule has 2 aromatic carbocycles. The Labute approximate surface area is 162 Å². The summed E-state index contributed by atoms with van der Waals surface area (Å²) in [4.78, 5) is 11.5. The van der Waals surface area contributed by atoms with Crippen molar-refractivity contribution < 1.29 is 32.2 Å². The smallest absolute Gasteiger partial charge is 0.466 e. The average molecular weight is 396 g/mol. The number of rotatable bonds is 8. The zero-order valence-electron chi connectivity index (χ0n) is 16.1. The quantitative estimate of drug-likeness (QED) is 0.534. The van der Waals surface area contributed by atoms with Crippen LogP contribution in [0.15, 0.2) is 36.4 Å². The summed E-state index contributed by atoms with van der Waals surface area (Å²) in [5.41, 5.74) is 2.59. The van der Waals surface area contributed by atoms with E-state index >= 15 is 0 Å². The van der Waals surface area contributed by atoms with E-state index in [0.717, 1.165) is 17.5 Å². The zero-order chi connectivity index (χ0) is 20.7. The first kappa shape index (κ1) is 21.6. The van der Waals surface area contributed by atoms with Crippen LogP contribution in [-0.4, -0.2) is 18.9 Å². The number of halogens is 3. The maximum absolute atomic E-state index is 12.3. The lowest BCUT2D eigenvalue weighted by Crippen LogP contribution is -2.17. The van der Waals surface area contributed by atoms with Crippen LogP contribution in [0.25, 0.3) is 0 Å². The second-order valence-corrected chi connectivity index (χ2v) is 6.17. The van der Waals surface area contributed by atoms with Gasteiger partial charge in [0.25, 0.3) is 0 Å². The molecule has 0 bridgehead atoms. The number of alkyl halides is 3. The van der Waals surface area contributed by atoms with Crippen molar-refractivity contribution in [1.29, 1.82) is 0 Å². The molecule has 0 aliphatic carbocycles. The molecule has 28 heavy (non-hydrogen) atoms. The molecule has 2 aromatic rings. The van der Waals surface area contributed by atoms with Gasteiger partial charge in [-0.3, -0.25) is 4.79 Å². The molecule has 0 aromatic heterocycles. The molecule has 0 aliphatic rings. The lowest BCUT2D eigenvalue weighted by molar-refractivity contribution is -0.274. The maximum Gasteiger partial charge on any atom is 0.573 e. The molecular weight excluding hydrogens is 373 g/mol. The van der Waals surface area contributed by atoms with Gasteiger partial charge in [-0.2, -0.15) is 0 Å². The van der Waals surface area contributed by atoms with Crippen LogP contribution in [0.1, 0.15) is 37.0 Å². The highest BCUT2D eigenvalue weighted by Crippen LogP contribution is 2.31. The summed E-state index contributed by atoms with van der Waals surface area (Å²) in [6.07, 6.45) is -3.09. The Hall–Kier alpha value is -2.70. The van der Waals surface area contributed by atoms with Crippen molar-refractivity contribution in [1.82, 2.24) is 0 Å². The Morgan fingerprint density at radius 1 is 1.00 bits per heavy atom. The monoisotopic (exact) mass is 396 g/mol. The minimum atomic E-state index is -4.73. The number of carbonyl (C=O) groups excluding carboxylic acids is 1. The number of carbonyl (C=O) groups is 1. The summed E-state index contributed by atoms with van der Waals surface area (Å²) in [5, 5.41) is 0. The SMILES string of the molecule is CCOC(=O)CCc1ccc(Oc2ccc(OC(F)(F)F)cc2C)cc1CC. The van der Waals surface area contributed by atoms with E-state index in [9.17, 15) is 18.0 Å². The summed E-state index contributed by atoms with van der Waals surface area (Å²) in [6.45, 7) is 5.78. The molecule has 0 atom stereocenters. The van der Waals surface area contributed by atoms with Crippen molar-refractivity contribution >= 4 is 5.97 Å². The van der Waals surface area contributed by atoms with Gasteiger partial charge in [0, 0.05) is 6.42 Å². The largest absolute Gasteiger partial charge is 0.573 e. The average Bonchev–Trinajstić information content (AvgIpc) is 2.61. The second kappa shape index (κ2) is 9.48. The molecular formula is C21H23F3O4. The van der Waals surface area contributed by atoms with Crippen LogP contribution in [0.5, 0.6) is 17.2 Å². The lowest BCUT2D eigenvalue weighted by Gasteiger charge is -2.14. The number of aryl methyl sites for hydroxylation is 3. The third-order valence-electron chi connectivity index (χ3n) is 4.07. The number of esters is 1. The Morgan fingerprint density at radius 2 is 1.71 bits per heavy atom. The van der Waals surface area contributed by atoms with Gasteiger partial charge < -0.3 is 14.2 Å². The molecule has 0 radical (unpaired) electrons. The van der Waals surface area contributed by atoms with Gasteiger partial charge in [0.1, 0.15) is 17.2 Å². The first-order chi connectivity index (χ1) is 13.2. The molecule has 0 unspecified atom stereocenters. The molecule has 152 valence electrons. The van der Waals surface area contributed by atoms with Gasteiger partial charge in [-0.25, -0.2) is 0 Å². The van der Waals surface area contributed by atoms with E-state index in [1.54, 1.807) is 19.9 Å². The number of hydrogen-bond acceptors (Lipinski definition) is 4. The predicted molar refractivity (Wildman–Crippen MR) is 98.7 cm³/mol. The summed E-state index contributed by atoms with van der Waals surface area (Å²) < 4.78 is 51.6. The molecule has 0 spiro atoms. The van der Waals surface area contributed by atoms with Gasteiger partial charge in [0.15, 0.2) is 0 Å². The normalized spacial score (nSPS) is 11.2. The number of ether oxygens (including phenoxy) is 3. The summed E-state index contributed by atoms with van der Waals surface area (Å²) >= 11 is 0. The van der Waals surface area contributed by atoms with E-state index in [1.165, 1.54) is 18.2 Å². The van der Waals surface area contributed by atoms with Crippen molar-refractivity contribution in [3.63, 3.8) is 0 Å². The molecule has 7 heteroatoms. The van der Waals surface area contributed by atoms with Crippen LogP contribution in [0, 0.1) is 6.92 Å². The molecule has 0 saturated heterocycles. The van der Waals surface area contributed by atoms with E-state index in [-0.39, 0.29) is 11.7 Å². The first-order valence-corrected chi connectivity index (χ1v) is 9.03. The van der Waals surface area contributed by atoms with E-state index in [4.69, 9.17) is 9.47 Å². The van der Waals surface area contributed by atoms with Crippen LogP contribution in [0.3, 0.4) is 0 Å². The summed E-state index contributed by atoms with van der Waals surface area (Å²) in [7, 11) is 0. The maximum atomic E-state index is 12.3. The van der Waals surface area contributed by atoms with Gasteiger partial charge in [0.05, 0.1) is 6.61 Å². The Bertz CT molecular complexity index is 816. The van der Waals surface area contributed by atoms with Gasteiger partial charge in [-0.05, 0) is 73.7 Å². The molecule has 0 heterocycles. The fraction of sp³-hybridized carbons (Fsp3) is 0.381. The van der Waals surface area contributed by atoms with Crippen LogP contribution in [-0.2, 0) is 22.4 Å². The standard InChI is InChI=1S/C21H23F3O4/c1-4-15-13-17(8-6-16(15)7-11-20(25)26-5-2)27-19-10-9-18(12-14(19)3)28-21(22,23)24/h6,8-10,12-13H,4-5,7,11H2,1-3H3. The fourth-order valence-corrected chi connectivity index (χ4v) is 2.77. The van der Waals surface area contributed by atoms with E-state index in [2.05, 4.69) is 4.74 Å². The van der Waals surface area contributed by atoms with Crippen LogP contribution in [0.4, 0.5) is 13.2 Å². The molecule has 0 fully saturated rings. The van der Waals surface area contributed by atoms with Crippen LogP contribution in [0.2, 0.25) is 0 Å². The third-order valence-corrected chi connectivity index (χ3v) is 4.07. The highest BCUT2D eigenvalue weighted by molar-refractivity contribution is 5.69. The summed E-state index contributed by atoms with van der Waals surface area (Å²) in [5.74, 6) is 0.489. The molecule has 0 saturated carbocycles. The van der Waals surface area contributed by atoms with Gasteiger partial charge in [0.2, 0.25) is 0 Å². The topological polar surface area (TPSA) is 44.8 Å². The molecule has 4 nitrogen and oxygen atoms in total. The Kier molecular flexibility index (Phi) is 7.31. The van der Waals surface area contributed by atoms with Crippen molar-refractivity contribution in [2.45, 2.75) is 46.4 Å². The number of benzene rings is 2. The molecule has 0 aliphatic heterocycles. The third kappa shape index (κ3) is 6.48. The summed E-state index contributed by atoms with van der Waals surface area (Å²) in [6, 6.07) is 9.47. The van der Waals surface area contributed by atoms with Gasteiger partial charge >= 0.3 is 12.3 Å². The fourth-order valence-electron chi connectivity index (χ4n) is 2.77. The second-order valence-electron chi connectivity index (χ2n) is 6.17. The van der Waals surface area contributed by atoms with Crippen molar-refractivity contribution in [2.24, 2.45) is 0 Å². The highest BCUT2D eigenvalue weighted by atomic mass is 19.4. The van der Waals surface area contributed by atoms with Crippen LogP contribution >= 0.6 is 0 Å². The van der Waals surface area contributed by atoms with E-state index in [1.807, 2.05) is 19.1 Å². The van der Waals surface area contributed by atoms with Crippen molar-refractivity contribution in [3.05, 3.63) is 53.1 Å². The minimum Gasteiger partial charge on any atom is -0.466 e. The van der Waals surface area contributed by atoms with Crippen molar-refractivity contribution in [3.8, 4) is 17.2 Å². The molecule has 0 amide bonds. The van der Waals surface area contributed by atoms with Crippen LogP contribution < -0.4 is 9.47 Å². The zero-order valence-corrected chi connectivity index (χ0v) is 16.1. The van der Waals surface area contributed by atoms with Gasteiger partial charge in [-0.15, -0.1) is 13.2 Å². The lowest BCUT2D eigenvalue weighted by atomic mass is 10.0. The van der Waals surface area contributed by atoms with E-state index in [0.29, 0.717) is 36.5 Å². The number of hydrogen-bond donors (Lipinski definition) is 0. The Morgan fingerprint density at radius 3 is 2.32 bits per heavy atom. The minimum absolute atomic E-state index is 0.235. The van der Waals surface area contributed by atoms with Crippen molar-refractivity contribution in [2.75, 3.05) is 6.61 Å². The predicted octanol–water partition coefficient (Wildman–Crippen LogP) is 5.74. The van der Waals surface area contributed by atoms with E-state index < -0.39 is 6.36 Å². The molecule has 0 N–H and O–H groups in total. The highest BCUT2D eigenvalue weighted by Gasteiger charge is 2.31.